The van der Waals surface area contributed by atoms with Gasteiger partial charge in [-0.15, -0.1) is 0 Å². The minimum atomic E-state index is 0.105. The molecule has 1 aromatic carbocycles. The van der Waals surface area contributed by atoms with Crippen molar-refractivity contribution in [3.05, 3.63) is 41.5 Å². The minimum Gasteiger partial charge on any atom is -0.485 e. The van der Waals surface area contributed by atoms with Gasteiger partial charge >= 0.3 is 0 Å². The molecular formula is C16H24N4O. The highest BCUT2D eigenvalue weighted by molar-refractivity contribution is 5.41. The van der Waals surface area contributed by atoms with Crippen LogP contribution in [0.15, 0.2) is 24.5 Å². The molecule has 0 aliphatic rings. The lowest BCUT2D eigenvalue weighted by atomic mass is 10.0. The first kappa shape index (κ1) is 15.5. The molecule has 2 rings (SSSR count). The predicted octanol–water partition coefficient (Wildman–Crippen LogP) is 2.64. The summed E-state index contributed by atoms with van der Waals surface area (Å²) in [7, 11) is 0. The van der Waals surface area contributed by atoms with E-state index in [-0.39, 0.29) is 12.1 Å². The molecule has 2 aromatic rings. The summed E-state index contributed by atoms with van der Waals surface area (Å²) in [6, 6.07) is 6.53. The van der Waals surface area contributed by atoms with Crippen LogP contribution >= 0.6 is 0 Å². The fourth-order valence-electron chi connectivity index (χ4n) is 2.37. The molecule has 0 fully saturated rings. The van der Waals surface area contributed by atoms with E-state index in [0.29, 0.717) is 6.61 Å². The molecular weight excluding hydrogens is 264 g/mol. The Kier molecular flexibility index (Phi) is 4.96. The van der Waals surface area contributed by atoms with Gasteiger partial charge in [-0.05, 0) is 45.2 Å². The molecule has 0 radical (unpaired) electrons. The first-order valence-electron chi connectivity index (χ1n) is 7.34. The molecule has 0 bridgehead atoms. The van der Waals surface area contributed by atoms with Crippen molar-refractivity contribution in [1.82, 2.24) is 14.8 Å². The van der Waals surface area contributed by atoms with Gasteiger partial charge in [0, 0.05) is 12.1 Å². The Hall–Kier alpha value is -1.88. The molecule has 21 heavy (non-hydrogen) atoms. The normalized spacial score (nSPS) is 12.7. The van der Waals surface area contributed by atoms with Crippen LogP contribution in [0.1, 0.15) is 43.8 Å². The fourth-order valence-corrected chi connectivity index (χ4v) is 2.37. The molecule has 0 spiro atoms. The zero-order valence-electron chi connectivity index (χ0n) is 13.2. The van der Waals surface area contributed by atoms with Crippen LogP contribution in [0.25, 0.3) is 0 Å². The van der Waals surface area contributed by atoms with E-state index >= 15 is 0 Å². The molecule has 114 valence electrons. The van der Waals surface area contributed by atoms with Crippen molar-refractivity contribution in [2.24, 2.45) is 5.73 Å². The lowest BCUT2D eigenvalue weighted by Crippen LogP contribution is -2.19. The summed E-state index contributed by atoms with van der Waals surface area (Å²) >= 11 is 0. The zero-order valence-corrected chi connectivity index (χ0v) is 13.2. The maximum atomic E-state index is 6.03. The van der Waals surface area contributed by atoms with Gasteiger partial charge in [0.05, 0.1) is 0 Å². The van der Waals surface area contributed by atoms with Crippen LogP contribution in [0.3, 0.4) is 0 Å². The van der Waals surface area contributed by atoms with E-state index in [2.05, 4.69) is 30.0 Å². The number of ether oxygens (including phenoxy) is 1. The number of aryl methyl sites for hydroxylation is 1. The molecule has 5 nitrogen and oxygen atoms in total. The van der Waals surface area contributed by atoms with Gasteiger partial charge in [0.25, 0.3) is 0 Å². The van der Waals surface area contributed by atoms with Crippen molar-refractivity contribution in [3.8, 4) is 5.75 Å². The number of nitrogens with two attached hydrogens (primary N) is 1. The molecule has 1 unspecified atom stereocenters. The van der Waals surface area contributed by atoms with Gasteiger partial charge in [0.1, 0.15) is 18.7 Å². The van der Waals surface area contributed by atoms with E-state index in [1.165, 1.54) is 0 Å². The second-order valence-electron chi connectivity index (χ2n) is 5.75. The maximum Gasteiger partial charge on any atom is 0.165 e. The predicted molar refractivity (Wildman–Crippen MR) is 83.3 cm³/mol. The lowest BCUT2D eigenvalue weighted by molar-refractivity contribution is 0.277. The smallest absolute Gasteiger partial charge is 0.165 e. The van der Waals surface area contributed by atoms with Gasteiger partial charge in [0.2, 0.25) is 0 Å². The number of aromatic nitrogens is 3. The molecule has 0 amide bonds. The number of hydrogen-bond donors (Lipinski definition) is 1. The van der Waals surface area contributed by atoms with Crippen LogP contribution in [0.5, 0.6) is 5.75 Å². The molecule has 1 atom stereocenters. The summed E-state index contributed by atoms with van der Waals surface area (Å²) in [5, 5.41) is 4.23. The number of benzene rings is 1. The summed E-state index contributed by atoms with van der Waals surface area (Å²) < 4.78 is 7.90. The monoisotopic (exact) mass is 288 g/mol. The van der Waals surface area contributed by atoms with Gasteiger partial charge < -0.3 is 10.5 Å². The summed E-state index contributed by atoms with van der Waals surface area (Å²) in [5.41, 5.74) is 8.17. The van der Waals surface area contributed by atoms with Crippen LogP contribution in [0, 0.1) is 6.92 Å². The highest BCUT2D eigenvalue weighted by Crippen LogP contribution is 2.25. The van der Waals surface area contributed by atoms with Crippen molar-refractivity contribution < 1.29 is 4.74 Å². The van der Waals surface area contributed by atoms with Crippen LogP contribution in [-0.2, 0) is 13.0 Å². The largest absolute Gasteiger partial charge is 0.485 e. The zero-order chi connectivity index (χ0) is 15.4. The molecule has 2 N–H and O–H groups in total. The van der Waals surface area contributed by atoms with Crippen molar-refractivity contribution in [2.75, 3.05) is 0 Å². The summed E-state index contributed by atoms with van der Waals surface area (Å²) in [4.78, 5) is 4.27. The third-order valence-electron chi connectivity index (χ3n) is 3.32. The topological polar surface area (TPSA) is 66.0 Å². The lowest BCUT2D eigenvalue weighted by Gasteiger charge is -2.16. The number of hydrogen-bond acceptors (Lipinski definition) is 4. The van der Waals surface area contributed by atoms with Crippen LogP contribution in [0.4, 0.5) is 0 Å². The van der Waals surface area contributed by atoms with Crippen LogP contribution < -0.4 is 10.5 Å². The Morgan fingerprint density at radius 2 is 2.05 bits per heavy atom. The van der Waals surface area contributed by atoms with Gasteiger partial charge in [-0.25, -0.2) is 9.67 Å². The second-order valence-corrected chi connectivity index (χ2v) is 5.75. The average molecular weight is 288 g/mol. The first-order chi connectivity index (χ1) is 9.99. The third kappa shape index (κ3) is 3.82. The second kappa shape index (κ2) is 6.72. The standard InChI is InChI=1S/C16H24N4O/c1-11(2)20-15(18-10-19-20)9-21-16-12(3)6-5-7-14(16)8-13(4)17/h5-7,10-11,13H,8-9,17H2,1-4H3. The van der Waals surface area contributed by atoms with Crippen LogP contribution in [0.2, 0.25) is 0 Å². The average Bonchev–Trinajstić information content (AvgIpc) is 2.86. The Morgan fingerprint density at radius 3 is 2.71 bits per heavy atom. The van der Waals surface area contributed by atoms with E-state index in [1.54, 1.807) is 6.33 Å². The first-order valence-corrected chi connectivity index (χ1v) is 7.34. The van der Waals surface area contributed by atoms with Crippen molar-refractivity contribution in [2.45, 2.75) is 52.8 Å². The number of para-hydroxylation sites is 1. The Balaban J connectivity index is 2.17. The number of nitrogens with zero attached hydrogens (tertiary/aromatic N) is 3. The van der Waals surface area contributed by atoms with Gasteiger partial charge in [0.15, 0.2) is 5.82 Å². The SMILES string of the molecule is Cc1cccc(CC(C)N)c1OCc1ncnn1C(C)C. The Bertz CT molecular complexity index is 590. The Labute approximate surface area is 126 Å². The Morgan fingerprint density at radius 1 is 1.29 bits per heavy atom. The van der Waals surface area contributed by atoms with Crippen LogP contribution in [-0.4, -0.2) is 20.8 Å². The summed E-state index contributed by atoms with van der Waals surface area (Å²) in [5.74, 6) is 1.74. The minimum absolute atomic E-state index is 0.105. The van der Waals surface area contributed by atoms with Crippen molar-refractivity contribution in [1.29, 1.82) is 0 Å². The number of rotatable bonds is 6. The fraction of sp³-hybridized carbons (Fsp3) is 0.500. The molecule has 0 aliphatic heterocycles. The summed E-state index contributed by atoms with van der Waals surface area (Å²) in [6.45, 7) is 8.62. The quantitative estimate of drug-likeness (QED) is 0.887. The molecule has 5 heteroatoms. The van der Waals surface area contributed by atoms with E-state index in [1.807, 2.05) is 30.7 Å². The maximum absolute atomic E-state index is 6.03. The van der Waals surface area contributed by atoms with Gasteiger partial charge in [-0.1, -0.05) is 18.2 Å². The van der Waals surface area contributed by atoms with E-state index in [4.69, 9.17) is 10.5 Å². The van der Waals surface area contributed by atoms with Crippen molar-refractivity contribution in [3.63, 3.8) is 0 Å². The summed E-state index contributed by atoms with van der Waals surface area (Å²) in [6.07, 6.45) is 2.37. The van der Waals surface area contributed by atoms with E-state index < -0.39 is 0 Å². The highest BCUT2D eigenvalue weighted by Gasteiger charge is 2.12. The van der Waals surface area contributed by atoms with Gasteiger partial charge in [-0.3, -0.25) is 0 Å². The van der Waals surface area contributed by atoms with E-state index in [9.17, 15) is 0 Å². The molecule has 0 aliphatic carbocycles. The van der Waals surface area contributed by atoms with Crippen molar-refractivity contribution >= 4 is 0 Å². The van der Waals surface area contributed by atoms with Gasteiger partial charge in [-0.2, -0.15) is 5.10 Å². The molecule has 1 heterocycles. The third-order valence-corrected chi connectivity index (χ3v) is 3.32. The highest BCUT2D eigenvalue weighted by atomic mass is 16.5. The van der Waals surface area contributed by atoms with E-state index in [0.717, 1.165) is 29.1 Å². The molecule has 1 aromatic heterocycles. The molecule has 0 saturated carbocycles. The molecule has 0 saturated heterocycles.